The topological polar surface area (TPSA) is 47.6 Å². The van der Waals surface area contributed by atoms with Gasteiger partial charge in [-0.15, -0.1) is 0 Å². The van der Waals surface area contributed by atoms with Crippen LogP contribution >= 0.6 is 0 Å². The van der Waals surface area contributed by atoms with Crippen molar-refractivity contribution in [3.05, 3.63) is 0 Å². The Balaban J connectivity index is 1.90. The predicted molar refractivity (Wildman–Crippen MR) is 54.7 cm³/mol. The first-order valence-corrected chi connectivity index (χ1v) is 5.29. The molecule has 1 heterocycles. The number of hydrogen-bond donors (Lipinski definition) is 1. The monoisotopic (exact) mass is 184 g/mol. The molecule has 3 nitrogen and oxygen atoms in total. The first kappa shape index (κ1) is 10.4. The Labute approximate surface area is 80.4 Å². The second-order valence-corrected chi connectivity index (χ2v) is 3.62. The fourth-order valence-corrected chi connectivity index (χ4v) is 1.56. The third kappa shape index (κ3) is 4.15. The molecule has 0 bridgehead atoms. The van der Waals surface area contributed by atoms with Gasteiger partial charge in [0.2, 0.25) is 0 Å². The SMILES string of the molecule is CCCCCCCC1CN=C(N)O1. The molecule has 0 radical (unpaired) electrons. The Morgan fingerprint density at radius 3 is 2.77 bits per heavy atom. The van der Waals surface area contributed by atoms with Crippen LogP contribution in [0.4, 0.5) is 0 Å². The van der Waals surface area contributed by atoms with Crippen molar-refractivity contribution in [1.82, 2.24) is 0 Å². The molecule has 0 saturated heterocycles. The average molecular weight is 184 g/mol. The molecule has 0 spiro atoms. The summed E-state index contributed by atoms with van der Waals surface area (Å²) < 4.78 is 5.30. The molecule has 0 aromatic rings. The van der Waals surface area contributed by atoms with E-state index in [2.05, 4.69) is 11.9 Å². The highest BCUT2D eigenvalue weighted by Crippen LogP contribution is 2.12. The molecule has 0 saturated carbocycles. The van der Waals surface area contributed by atoms with Crippen LogP contribution in [0.15, 0.2) is 4.99 Å². The molecule has 2 N–H and O–H groups in total. The Morgan fingerprint density at radius 2 is 2.15 bits per heavy atom. The number of amidine groups is 1. The molecular formula is C10H20N2O. The van der Waals surface area contributed by atoms with E-state index in [1.54, 1.807) is 0 Å². The highest BCUT2D eigenvalue weighted by Gasteiger charge is 2.16. The largest absolute Gasteiger partial charge is 0.460 e. The van der Waals surface area contributed by atoms with E-state index in [4.69, 9.17) is 10.5 Å². The van der Waals surface area contributed by atoms with Crippen LogP contribution in [0.3, 0.4) is 0 Å². The van der Waals surface area contributed by atoms with Crippen molar-refractivity contribution in [3.8, 4) is 0 Å². The Morgan fingerprint density at radius 1 is 1.38 bits per heavy atom. The van der Waals surface area contributed by atoms with Crippen LogP contribution in [0.5, 0.6) is 0 Å². The lowest BCUT2D eigenvalue weighted by molar-refractivity contribution is 0.205. The number of nitrogens with two attached hydrogens (primary N) is 1. The molecule has 1 rings (SSSR count). The van der Waals surface area contributed by atoms with E-state index in [-0.39, 0.29) is 6.10 Å². The van der Waals surface area contributed by atoms with Crippen LogP contribution < -0.4 is 5.73 Å². The summed E-state index contributed by atoms with van der Waals surface area (Å²) in [7, 11) is 0. The first-order chi connectivity index (χ1) is 6.33. The molecule has 0 aromatic heterocycles. The summed E-state index contributed by atoms with van der Waals surface area (Å²) in [4.78, 5) is 4.00. The van der Waals surface area contributed by atoms with Crippen molar-refractivity contribution in [2.75, 3.05) is 6.54 Å². The van der Waals surface area contributed by atoms with Crippen LogP contribution in [0.2, 0.25) is 0 Å². The van der Waals surface area contributed by atoms with Crippen molar-refractivity contribution in [2.24, 2.45) is 10.7 Å². The van der Waals surface area contributed by atoms with Gasteiger partial charge in [-0.3, -0.25) is 0 Å². The Kier molecular flexibility index (Phi) is 4.65. The number of aliphatic imine (C=N–C) groups is 1. The third-order valence-corrected chi connectivity index (χ3v) is 2.37. The van der Waals surface area contributed by atoms with Gasteiger partial charge in [0, 0.05) is 0 Å². The van der Waals surface area contributed by atoms with E-state index >= 15 is 0 Å². The maximum Gasteiger partial charge on any atom is 0.282 e. The van der Waals surface area contributed by atoms with E-state index in [0.717, 1.165) is 13.0 Å². The minimum absolute atomic E-state index is 0.265. The molecule has 3 heteroatoms. The molecule has 1 atom stereocenters. The molecule has 1 unspecified atom stereocenters. The van der Waals surface area contributed by atoms with E-state index in [1.807, 2.05) is 0 Å². The summed E-state index contributed by atoms with van der Waals surface area (Å²) in [5, 5.41) is 0. The van der Waals surface area contributed by atoms with Crippen molar-refractivity contribution < 1.29 is 4.74 Å². The van der Waals surface area contributed by atoms with E-state index in [1.165, 1.54) is 32.1 Å². The zero-order valence-electron chi connectivity index (χ0n) is 8.46. The lowest BCUT2D eigenvalue weighted by Gasteiger charge is -2.08. The van der Waals surface area contributed by atoms with Gasteiger partial charge in [0.05, 0.1) is 6.54 Å². The minimum atomic E-state index is 0.265. The van der Waals surface area contributed by atoms with Crippen molar-refractivity contribution in [1.29, 1.82) is 0 Å². The van der Waals surface area contributed by atoms with Gasteiger partial charge in [-0.2, -0.15) is 0 Å². The van der Waals surface area contributed by atoms with Crippen molar-refractivity contribution in [3.63, 3.8) is 0 Å². The van der Waals surface area contributed by atoms with Crippen LogP contribution in [-0.4, -0.2) is 18.7 Å². The van der Waals surface area contributed by atoms with Gasteiger partial charge < -0.3 is 10.5 Å². The fourth-order valence-electron chi connectivity index (χ4n) is 1.56. The van der Waals surface area contributed by atoms with Crippen LogP contribution in [0.25, 0.3) is 0 Å². The summed E-state index contributed by atoms with van der Waals surface area (Å²) in [5.74, 6) is 0. The van der Waals surface area contributed by atoms with E-state index in [0.29, 0.717) is 6.02 Å². The normalized spacial score (nSPS) is 21.3. The lowest BCUT2D eigenvalue weighted by Crippen LogP contribution is -2.17. The molecular weight excluding hydrogens is 164 g/mol. The number of rotatable bonds is 6. The number of nitrogens with zero attached hydrogens (tertiary/aromatic N) is 1. The molecule has 1 aliphatic heterocycles. The van der Waals surface area contributed by atoms with Crippen LogP contribution in [0, 0.1) is 0 Å². The maximum atomic E-state index is 5.40. The van der Waals surface area contributed by atoms with Gasteiger partial charge in [0.25, 0.3) is 6.02 Å². The van der Waals surface area contributed by atoms with Gasteiger partial charge in [0.15, 0.2) is 0 Å². The molecule has 0 fully saturated rings. The zero-order chi connectivity index (χ0) is 9.52. The molecule has 76 valence electrons. The van der Waals surface area contributed by atoms with E-state index < -0.39 is 0 Å². The van der Waals surface area contributed by atoms with Gasteiger partial charge in [-0.1, -0.05) is 32.6 Å². The highest BCUT2D eigenvalue weighted by molar-refractivity contribution is 5.72. The van der Waals surface area contributed by atoms with Crippen LogP contribution in [-0.2, 0) is 4.74 Å². The van der Waals surface area contributed by atoms with Gasteiger partial charge in [0.1, 0.15) is 6.10 Å². The quantitative estimate of drug-likeness (QED) is 0.642. The fraction of sp³-hybridized carbons (Fsp3) is 0.900. The predicted octanol–water partition coefficient (Wildman–Crippen LogP) is 2.06. The Hall–Kier alpha value is -0.730. The molecule has 0 aromatic carbocycles. The number of hydrogen-bond acceptors (Lipinski definition) is 3. The molecule has 1 aliphatic rings. The van der Waals surface area contributed by atoms with E-state index in [9.17, 15) is 0 Å². The molecule has 0 aliphatic carbocycles. The van der Waals surface area contributed by atoms with Crippen molar-refractivity contribution in [2.45, 2.75) is 51.6 Å². The maximum absolute atomic E-state index is 5.40. The van der Waals surface area contributed by atoms with Crippen LogP contribution in [0.1, 0.15) is 45.4 Å². The molecule has 13 heavy (non-hydrogen) atoms. The summed E-state index contributed by atoms with van der Waals surface area (Å²) in [6, 6.07) is 0.374. The lowest BCUT2D eigenvalue weighted by atomic mass is 10.1. The summed E-state index contributed by atoms with van der Waals surface area (Å²) in [6.45, 7) is 2.99. The first-order valence-electron chi connectivity index (χ1n) is 5.29. The summed E-state index contributed by atoms with van der Waals surface area (Å²) in [6.07, 6.45) is 7.93. The standard InChI is InChI=1S/C10H20N2O/c1-2-3-4-5-6-7-9-8-12-10(11)13-9/h9H,2-8H2,1H3,(H2,11,12). The van der Waals surface area contributed by atoms with Gasteiger partial charge >= 0.3 is 0 Å². The molecule has 0 amide bonds. The highest BCUT2D eigenvalue weighted by atomic mass is 16.5. The number of unbranched alkanes of at least 4 members (excludes halogenated alkanes) is 4. The summed E-state index contributed by atoms with van der Waals surface area (Å²) in [5.41, 5.74) is 5.40. The van der Waals surface area contributed by atoms with Crippen molar-refractivity contribution >= 4 is 6.02 Å². The Bertz CT molecular complexity index is 168. The van der Waals surface area contributed by atoms with Gasteiger partial charge in [-0.05, 0) is 12.8 Å². The summed E-state index contributed by atoms with van der Waals surface area (Å²) >= 11 is 0. The second kappa shape index (κ2) is 5.84. The minimum Gasteiger partial charge on any atom is -0.460 e. The second-order valence-electron chi connectivity index (χ2n) is 3.62. The van der Waals surface area contributed by atoms with Gasteiger partial charge in [-0.25, -0.2) is 4.99 Å². The number of ether oxygens (including phenoxy) is 1. The zero-order valence-corrected chi connectivity index (χ0v) is 8.46. The third-order valence-electron chi connectivity index (χ3n) is 2.37. The average Bonchev–Trinajstić information content (AvgIpc) is 2.51. The smallest absolute Gasteiger partial charge is 0.282 e.